The molecule has 0 amide bonds. The van der Waals surface area contributed by atoms with Gasteiger partial charge in [0, 0.05) is 10.6 Å². The highest BCUT2D eigenvalue weighted by Gasteiger charge is 1.95. The van der Waals surface area contributed by atoms with Crippen molar-refractivity contribution in [1.82, 2.24) is 0 Å². The van der Waals surface area contributed by atoms with Crippen molar-refractivity contribution in [2.45, 2.75) is 5.75 Å². The fourth-order valence-electron chi connectivity index (χ4n) is 0.577. The van der Waals surface area contributed by atoms with Crippen molar-refractivity contribution >= 4 is 28.3 Å². The summed E-state index contributed by atoms with van der Waals surface area (Å²) in [6, 6.07) is 4.07. The summed E-state index contributed by atoms with van der Waals surface area (Å²) >= 11 is 3.15. The van der Waals surface area contributed by atoms with Crippen LogP contribution in [0.4, 0.5) is 0 Å². The molecule has 0 saturated heterocycles. The van der Waals surface area contributed by atoms with Crippen molar-refractivity contribution in [3.05, 3.63) is 22.4 Å². The highest BCUT2D eigenvalue weighted by atomic mass is 32.2. The first-order valence-electron chi connectivity index (χ1n) is 3.01. The van der Waals surface area contributed by atoms with E-state index < -0.39 is 0 Å². The van der Waals surface area contributed by atoms with E-state index in [2.05, 4.69) is 11.2 Å². The lowest BCUT2D eigenvalue weighted by atomic mass is 10.5. The Bertz CT molecular complexity index is 230. The van der Waals surface area contributed by atoms with Crippen LogP contribution in [0.3, 0.4) is 0 Å². The highest BCUT2D eigenvalue weighted by molar-refractivity contribution is 8.13. The van der Waals surface area contributed by atoms with Gasteiger partial charge < -0.3 is 11.6 Å². The molecule has 1 rings (SSSR count). The van der Waals surface area contributed by atoms with Crippen molar-refractivity contribution < 1.29 is 0 Å². The molecule has 0 spiro atoms. The number of rotatable bonds is 2. The van der Waals surface area contributed by atoms with Gasteiger partial charge in [-0.2, -0.15) is 5.10 Å². The van der Waals surface area contributed by atoms with Gasteiger partial charge in [-0.3, -0.25) is 0 Å². The maximum atomic E-state index is 5.38. The fraction of sp³-hybridized carbons (Fsp3) is 0.167. The normalized spacial score (nSPS) is 11.8. The molecule has 0 aliphatic rings. The number of nitrogens with zero attached hydrogens (tertiary/aromatic N) is 1. The van der Waals surface area contributed by atoms with Gasteiger partial charge in [-0.25, -0.2) is 0 Å². The van der Waals surface area contributed by atoms with Crippen LogP contribution in [0.5, 0.6) is 0 Å². The van der Waals surface area contributed by atoms with Crippen molar-refractivity contribution in [2.75, 3.05) is 0 Å². The Balaban J connectivity index is 2.35. The molecule has 0 aliphatic carbocycles. The fourth-order valence-corrected chi connectivity index (χ4v) is 1.98. The van der Waals surface area contributed by atoms with E-state index in [4.69, 9.17) is 11.6 Å². The number of hydrazone groups is 1. The number of hydrogen-bond acceptors (Lipinski definition) is 4. The first-order valence-corrected chi connectivity index (χ1v) is 4.88. The molecule has 11 heavy (non-hydrogen) atoms. The molecule has 4 N–H and O–H groups in total. The van der Waals surface area contributed by atoms with E-state index in [1.54, 1.807) is 11.3 Å². The number of hydrogen-bond donors (Lipinski definition) is 2. The Kier molecular flexibility index (Phi) is 3.25. The molecule has 0 fully saturated rings. The van der Waals surface area contributed by atoms with Crippen LogP contribution in [0.2, 0.25) is 0 Å². The standard InChI is InChI=1S/C6H9N3S2/c7-6(9-8)11-4-5-2-1-3-10-5/h1-3H,4,8H2,(H2,7,9). The SMILES string of the molecule is NN=C(N)SCc1cccs1. The molecule has 1 heterocycles. The van der Waals surface area contributed by atoms with E-state index in [1.807, 2.05) is 11.4 Å². The summed E-state index contributed by atoms with van der Waals surface area (Å²) in [7, 11) is 0. The van der Waals surface area contributed by atoms with Crippen LogP contribution >= 0.6 is 23.1 Å². The lowest BCUT2D eigenvalue weighted by Gasteiger charge is -1.94. The number of amidine groups is 1. The Morgan fingerprint density at radius 3 is 3.09 bits per heavy atom. The maximum Gasteiger partial charge on any atom is 0.177 e. The Hall–Kier alpha value is -0.680. The summed E-state index contributed by atoms with van der Waals surface area (Å²) in [6.07, 6.45) is 0. The quantitative estimate of drug-likeness (QED) is 0.316. The molecular weight excluding hydrogens is 178 g/mol. The zero-order valence-corrected chi connectivity index (χ0v) is 7.49. The molecule has 3 nitrogen and oxygen atoms in total. The molecular formula is C6H9N3S2. The summed E-state index contributed by atoms with van der Waals surface area (Å²) in [5, 5.41) is 5.81. The summed E-state index contributed by atoms with van der Waals surface area (Å²) in [5.74, 6) is 5.81. The first-order chi connectivity index (χ1) is 5.33. The predicted molar refractivity (Wildman–Crippen MR) is 51.4 cm³/mol. The zero-order valence-electron chi connectivity index (χ0n) is 5.86. The minimum absolute atomic E-state index is 0.429. The van der Waals surface area contributed by atoms with Gasteiger partial charge >= 0.3 is 0 Å². The van der Waals surface area contributed by atoms with Crippen LogP contribution in [0.15, 0.2) is 22.6 Å². The van der Waals surface area contributed by atoms with Gasteiger partial charge in [0.1, 0.15) is 0 Å². The molecule has 0 saturated carbocycles. The number of thioether (sulfide) groups is 1. The molecule has 1 aromatic heterocycles. The molecule has 0 bridgehead atoms. The lowest BCUT2D eigenvalue weighted by molar-refractivity contribution is 1.25. The Labute approximate surface area is 73.5 Å². The van der Waals surface area contributed by atoms with Crippen LogP contribution in [0.1, 0.15) is 4.88 Å². The summed E-state index contributed by atoms with van der Waals surface area (Å²) in [4.78, 5) is 1.28. The van der Waals surface area contributed by atoms with Gasteiger partial charge in [-0.1, -0.05) is 17.8 Å². The molecule has 0 atom stereocenters. The van der Waals surface area contributed by atoms with E-state index >= 15 is 0 Å². The van der Waals surface area contributed by atoms with Gasteiger partial charge in [0.25, 0.3) is 0 Å². The van der Waals surface area contributed by atoms with Crippen LogP contribution in [0, 0.1) is 0 Å². The van der Waals surface area contributed by atoms with E-state index in [-0.39, 0.29) is 0 Å². The molecule has 0 radical (unpaired) electrons. The largest absolute Gasteiger partial charge is 0.377 e. The minimum atomic E-state index is 0.429. The summed E-state index contributed by atoms with van der Waals surface area (Å²) in [5.41, 5.74) is 5.38. The Morgan fingerprint density at radius 2 is 2.55 bits per heavy atom. The second-order valence-electron chi connectivity index (χ2n) is 1.84. The van der Waals surface area contributed by atoms with Crippen molar-refractivity contribution in [3.63, 3.8) is 0 Å². The second kappa shape index (κ2) is 4.25. The smallest absolute Gasteiger partial charge is 0.177 e. The Morgan fingerprint density at radius 1 is 1.73 bits per heavy atom. The monoisotopic (exact) mass is 187 g/mol. The number of thiophene rings is 1. The van der Waals surface area contributed by atoms with Gasteiger partial charge in [-0.15, -0.1) is 11.3 Å². The van der Waals surface area contributed by atoms with E-state index in [1.165, 1.54) is 16.6 Å². The zero-order chi connectivity index (χ0) is 8.10. The summed E-state index contributed by atoms with van der Waals surface area (Å²) in [6.45, 7) is 0. The van der Waals surface area contributed by atoms with E-state index in [0.717, 1.165) is 5.75 Å². The van der Waals surface area contributed by atoms with E-state index in [9.17, 15) is 0 Å². The van der Waals surface area contributed by atoms with Crippen LogP contribution in [0.25, 0.3) is 0 Å². The van der Waals surface area contributed by atoms with E-state index in [0.29, 0.717) is 5.17 Å². The van der Waals surface area contributed by atoms with Crippen molar-refractivity contribution in [2.24, 2.45) is 16.7 Å². The third kappa shape index (κ3) is 2.81. The van der Waals surface area contributed by atoms with Gasteiger partial charge in [0.15, 0.2) is 5.17 Å². The summed E-state index contributed by atoms with van der Waals surface area (Å²) < 4.78 is 0. The first kappa shape index (κ1) is 8.42. The van der Waals surface area contributed by atoms with Crippen LogP contribution < -0.4 is 11.6 Å². The molecule has 60 valence electrons. The lowest BCUT2D eigenvalue weighted by Crippen LogP contribution is -2.08. The predicted octanol–water partition coefficient (Wildman–Crippen LogP) is 1.17. The third-order valence-electron chi connectivity index (χ3n) is 1.07. The molecule has 1 aromatic rings. The molecule has 0 aliphatic heterocycles. The average molecular weight is 187 g/mol. The van der Waals surface area contributed by atoms with Gasteiger partial charge in [0.05, 0.1) is 0 Å². The average Bonchev–Trinajstić information content (AvgIpc) is 2.52. The topological polar surface area (TPSA) is 64.4 Å². The maximum absolute atomic E-state index is 5.38. The molecule has 5 heteroatoms. The van der Waals surface area contributed by atoms with Crippen molar-refractivity contribution in [1.29, 1.82) is 0 Å². The third-order valence-corrected chi connectivity index (χ3v) is 2.99. The molecule has 0 aromatic carbocycles. The van der Waals surface area contributed by atoms with Crippen LogP contribution in [-0.4, -0.2) is 5.17 Å². The minimum Gasteiger partial charge on any atom is -0.377 e. The van der Waals surface area contributed by atoms with Crippen molar-refractivity contribution in [3.8, 4) is 0 Å². The highest BCUT2D eigenvalue weighted by Crippen LogP contribution is 2.16. The van der Waals surface area contributed by atoms with Gasteiger partial charge in [0.2, 0.25) is 0 Å². The second-order valence-corrected chi connectivity index (χ2v) is 3.86. The van der Waals surface area contributed by atoms with Gasteiger partial charge in [-0.05, 0) is 11.4 Å². The van der Waals surface area contributed by atoms with Crippen LogP contribution in [-0.2, 0) is 5.75 Å². The molecule has 0 unspecified atom stereocenters. The number of nitrogens with two attached hydrogens (primary N) is 2.